The van der Waals surface area contributed by atoms with Crippen molar-refractivity contribution < 1.29 is 14.3 Å². The van der Waals surface area contributed by atoms with Crippen LogP contribution in [0.2, 0.25) is 0 Å². The van der Waals surface area contributed by atoms with E-state index in [0.717, 1.165) is 23.8 Å². The minimum absolute atomic E-state index is 0.0429. The zero-order valence-electron chi connectivity index (χ0n) is 19.2. The lowest BCUT2D eigenvalue weighted by Crippen LogP contribution is -2.29. The summed E-state index contributed by atoms with van der Waals surface area (Å²) in [6.07, 6.45) is 2.03. The van der Waals surface area contributed by atoms with Gasteiger partial charge in [0.15, 0.2) is 0 Å². The molecule has 1 aromatic heterocycles. The van der Waals surface area contributed by atoms with E-state index in [1.54, 1.807) is 25.3 Å². The van der Waals surface area contributed by atoms with E-state index in [2.05, 4.69) is 10.6 Å². The molecule has 1 fully saturated rings. The van der Waals surface area contributed by atoms with Gasteiger partial charge in [-0.25, -0.2) is 4.98 Å². The number of pyridine rings is 1. The summed E-state index contributed by atoms with van der Waals surface area (Å²) < 4.78 is 5.38. The number of ether oxygens (including phenoxy) is 1. The van der Waals surface area contributed by atoms with Crippen LogP contribution in [0.5, 0.6) is 5.75 Å². The Labute approximate surface area is 208 Å². The number of thioether (sulfide) groups is 1. The van der Waals surface area contributed by atoms with Gasteiger partial charge < -0.3 is 15.4 Å². The lowest BCUT2D eigenvalue weighted by molar-refractivity contribution is -0.120. The minimum Gasteiger partial charge on any atom is -0.495 e. The fourth-order valence-electron chi connectivity index (χ4n) is 3.86. The van der Waals surface area contributed by atoms with Gasteiger partial charge in [0.05, 0.1) is 28.9 Å². The molecule has 1 heterocycles. The first kappa shape index (κ1) is 22.9. The van der Waals surface area contributed by atoms with Crippen molar-refractivity contribution in [3.63, 3.8) is 0 Å². The van der Waals surface area contributed by atoms with Gasteiger partial charge in [-0.2, -0.15) is 0 Å². The second kappa shape index (κ2) is 10.2. The predicted molar refractivity (Wildman–Crippen MR) is 139 cm³/mol. The third-order valence-electron chi connectivity index (χ3n) is 5.80. The highest BCUT2D eigenvalue weighted by Gasteiger charge is 2.29. The first-order valence-electron chi connectivity index (χ1n) is 11.5. The average molecular weight is 484 g/mol. The first-order valence-corrected chi connectivity index (χ1v) is 12.4. The number of benzene rings is 3. The number of para-hydroxylation sites is 3. The third-order valence-corrected chi connectivity index (χ3v) is 6.97. The summed E-state index contributed by atoms with van der Waals surface area (Å²) >= 11 is 1.35. The summed E-state index contributed by atoms with van der Waals surface area (Å²) in [4.78, 5) is 31.3. The second-order valence-electron chi connectivity index (χ2n) is 8.37. The molecule has 6 nitrogen and oxygen atoms in total. The Kier molecular flexibility index (Phi) is 6.68. The van der Waals surface area contributed by atoms with Crippen molar-refractivity contribution in [2.45, 2.75) is 29.2 Å². The number of amides is 2. The van der Waals surface area contributed by atoms with Crippen LogP contribution in [0.25, 0.3) is 10.9 Å². The fraction of sp³-hybridized carbons (Fsp3) is 0.179. The van der Waals surface area contributed by atoms with E-state index in [-0.39, 0.29) is 17.9 Å². The normalized spacial score (nSPS) is 13.7. The number of rotatable bonds is 8. The largest absolute Gasteiger partial charge is 0.495 e. The molecule has 2 N–H and O–H groups in total. The van der Waals surface area contributed by atoms with E-state index in [4.69, 9.17) is 9.72 Å². The molecular weight excluding hydrogens is 458 g/mol. The van der Waals surface area contributed by atoms with E-state index >= 15 is 0 Å². The summed E-state index contributed by atoms with van der Waals surface area (Å²) in [5.41, 5.74) is 2.65. The molecule has 1 saturated carbocycles. The standard InChI is InChI=1S/C28H25N3O3S/c1-34-24-14-8-7-13-23(24)31-27(32)21-17-25(30-22-12-6-5-11-20(21)22)35-26(18-9-3-2-4-10-18)28(33)29-19-15-16-19/h2-14,17,19,26H,15-16H2,1H3,(H,29,33)(H,31,32)/t26-/m1/s1. The third kappa shape index (κ3) is 5.30. The quantitative estimate of drug-likeness (QED) is 0.319. The van der Waals surface area contributed by atoms with Crippen molar-refractivity contribution in [2.24, 2.45) is 0 Å². The van der Waals surface area contributed by atoms with Gasteiger partial charge in [0, 0.05) is 11.4 Å². The van der Waals surface area contributed by atoms with E-state index < -0.39 is 5.25 Å². The molecule has 2 amide bonds. The van der Waals surface area contributed by atoms with Gasteiger partial charge in [-0.3, -0.25) is 9.59 Å². The number of carbonyl (C=O) groups is 2. The van der Waals surface area contributed by atoms with Gasteiger partial charge in [0.1, 0.15) is 11.0 Å². The van der Waals surface area contributed by atoms with Crippen LogP contribution in [0, 0.1) is 0 Å². The predicted octanol–water partition coefficient (Wildman–Crippen LogP) is 5.61. The average Bonchev–Trinajstić information content (AvgIpc) is 3.71. The van der Waals surface area contributed by atoms with Gasteiger partial charge in [-0.05, 0) is 42.7 Å². The first-order chi connectivity index (χ1) is 17.1. The molecule has 35 heavy (non-hydrogen) atoms. The molecule has 0 spiro atoms. The van der Waals surface area contributed by atoms with Crippen molar-refractivity contribution in [2.75, 3.05) is 12.4 Å². The van der Waals surface area contributed by atoms with Crippen LogP contribution >= 0.6 is 11.8 Å². The summed E-state index contributed by atoms with van der Waals surface area (Å²) in [5, 5.41) is 6.94. The maximum absolute atomic E-state index is 13.4. The Morgan fingerprint density at radius 2 is 1.69 bits per heavy atom. The molecule has 0 saturated heterocycles. The number of carbonyl (C=O) groups excluding carboxylic acids is 2. The number of methoxy groups -OCH3 is 1. The molecule has 1 atom stereocenters. The molecule has 0 bridgehead atoms. The molecule has 1 aliphatic carbocycles. The summed E-state index contributed by atoms with van der Waals surface area (Å²) in [5.74, 6) is 0.266. The fourth-order valence-corrected chi connectivity index (χ4v) is 4.91. The molecule has 0 unspecified atom stereocenters. The van der Waals surface area contributed by atoms with Crippen molar-refractivity contribution in [3.8, 4) is 5.75 Å². The van der Waals surface area contributed by atoms with Gasteiger partial charge in [-0.15, -0.1) is 0 Å². The highest BCUT2D eigenvalue weighted by molar-refractivity contribution is 8.00. The molecule has 0 aliphatic heterocycles. The van der Waals surface area contributed by atoms with Crippen LogP contribution < -0.4 is 15.4 Å². The minimum atomic E-state index is -0.476. The molecule has 0 radical (unpaired) electrons. The summed E-state index contributed by atoms with van der Waals surface area (Å²) in [6, 6.07) is 26.5. The van der Waals surface area contributed by atoms with Gasteiger partial charge in [0.25, 0.3) is 5.91 Å². The number of nitrogens with one attached hydrogen (secondary N) is 2. The summed E-state index contributed by atoms with van der Waals surface area (Å²) in [6.45, 7) is 0. The SMILES string of the molecule is COc1ccccc1NC(=O)c1cc(S[C@@H](C(=O)NC2CC2)c2ccccc2)nc2ccccc12. The van der Waals surface area contributed by atoms with Gasteiger partial charge in [0.2, 0.25) is 5.91 Å². The van der Waals surface area contributed by atoms with E-state index in [1.165, 1.54) is 11.8 Å². The van der Waals surface area contributed by atoms with Gasteiger partial charge in [-0.1, -0.05) is 72.4 Å². The number of aromatic nitrogens is 1. The van der Waals surface area contributed by atoms with Crippen LogP contribution in [0.1, 0.15) is 34.0 Å². The Morgan fingerprint density at radius 3 is 2.46 bits per heavy atom. The maximum Gasteiger partial charge on any atom is 0.256 e. The number of anilines is 1. The van der Waals surface area contributed by atoms with Gasteiger partial charge >= 0.3 is 0 Å². The molecule has 5 rings (SSSR count). The van der Waals surface area contributed by atoms with Crippen LogP contribution in [0.3, 0.4) is 0 Å². The monoisotopic (exact) mass is 483 g/mol. The molecular formula is C28H25N3O3S. The molecule has 1 aliphatic rings. The van der Waals surface area contributed by atoms with Crippen LogP contribution in [-0.2, 0) is 4.79 Å². The van der Waals surface area contributed by atoms with Crippen molar-refractivity contribution >= 4 is 40.2 Å². The van der Waals surface area contributed by atoms with Crippen molar-refractivity contribution in [1.29, 1.82) is 0 Å². The Hall–Kier alpha value is -3.84. The van der Waals surface area contributed by atoms with Crippen molar-refractivity contribution in [1.82, 2.24) is 10.3 Å². The Morgan fingerprint density at radius 1 is 0.971 bits per heavy atom. The highest BCUT2D eigenvalue weighted by atomic mass is 32.2. The molecule has 3 aromatic carbocycles. The summed E-state index contributed by atoms with van der Waals surface area (Å²) in [7, 11) is 1.57. The highest BCUT2D eigenvalue weighted by Crippen LogP contribution is 2.37. The van der Waals surface area contributed by atoms with Crippen LogP contribution in [0.4, 0.5) is 5.69 Å². The topological polar surface area (TPSA) is 80.3 Å². The zero-order chi connectivity index (χ0) is 24.2. The van der Waals surface area contributed by atoms with E-state index in [0.29, 0.717) is 27.5 Å². The smallest absolute Gasteiger partial charge is 0.256 e. The number of hydrogen-bond acceptors (Lipinski definition) is 5. The van der Waals surface area contributed by atoms with Crippen LogP contribution in [0.15, 0.2) is 90.0 Å². The lowest BCUT2D eigenvalue weighted by Gasteiger charge is -2.18. The Balaban J connectivity index is 1.50. The number of fused-ring (bicyclic) bond motifs is 1. The second-order valence-corrected chi connectivity index (χ2v) is 9.50. The maximum atomic E-state index is 13.4. The lowest BCUT2D eigenvalue weighted by atomic mass is 10.1. The van der Waals surface area contributed by atoms with Crippen LogP contribution in [-0.4, -0.2) is 29.9 Å². The number of hydrogen-bond donors (Lipinski definition) is 2. The molecule has 4 aromatic rings. The number of nitrogens with zero attached hydrogens (tertiary/aromatic N) is 1. The molecule has 176 valence electrons. The Bertz CT molecular complexity index is 1370. The zero-order valence-corrected chi connectivity index (χ0v) is 20.0. The van der Waals surface area contributed by atoms with Crippen molar-refractivity contribution in [3.05, 3.63) is 96.1 Å². The van der Waals surface area contributed by atoms with E-state index in [1.807, 2.05) is 66.7 Å². The molecule has 7 heteroatoms. The van der Waals surface area contributed by atoms with E-state index in [9.17, 15) is 9.59 Å².